The van der Waals surface area contributed by atoms with Crippen molar-refractivity contribution in [3.8, 4) is 0 Å². The van der Waals surface area contributed by atoms with Gasteiger partial charge in [0.1, 0.15) is 6.10 Å². The normalized spacial score (nSPS) is 34.4. The van der Waals surface area contributed by atoms with Gasteiger partial charge in [0, 0.05) is 18.8 Å². The maximum absolute atomic E-state index is 11.8. The number of fused-ring (bicyclic) bond motifs is 1. The van der Waals surface area contributed by atoms with E-state index in [2.05, 4.69) is 13.0 Å². The van der Waals surface area contributed by atoms with Gasteiger partial charge in [-0.05, 0) is 44.9 Å². The smallest absolute Gasteiger partial charge is 0.306 e. The van der Waals surface area contributed by atoms with Crippen LogP contribution in [0.1, 0.15) is 78.1 Å². The Morgan fingerprint density at radius 2 is 2.08 bits per heavy atom. The van der Waals surface area contributed by atoms with Gasteiger partial charge in [-0.25, -0.2) is 0 Å². The second kappa shape index (κ2) is 9.00. The van der Waals surface area contributed by atoms with Gasteiger partial charge >= 0.3 is 5.97 Å². The third-order valence-corrected chi connectivity index (χ3v) is 5.70. The lowest BCUT2D eigenvalue weighted by atomic mass is 9.82. The maximum atomic E-state index is 11.8. The fourth-order valence-electron chi connectivity index (χ4n) is 4.18. The molecule has 1 aliphatic heterocycles. The monoisotopic (exact) mass is 338 g/mol. The first-order chi connectivity index (χ1) is 11.4. The Balaban J connectivity index is 1.94. The van der Waals surface area contributed by atoms with Crippen LogP contribution in [0.15, 0.2) is 12.2 Å². The summed E-state index contributed by atoms with van der Waals surface area (Å²) in [5, 5.41) is 21.1. The Bertz CT molecular complexity index is 429. The number of carbonyl (C=O) groups excluding carboxylic acids is 1. The quantitative estimate of drug-likeness (QED) is 0.421. The Labute approximate surface area is 146 Å². The van der Waals surface area contributed by atoms with Gasteiger partial charge in [0.05, 0.1) is 11.7 Å². The van der Waals surface area contributed by atoms with E-state index in [-0.39, 0.29) is 23.9 Å². The average Bonchev–Trinajstić information content (AvgIpc) is 2.83. The molecule has 1 unspecified atom stereocenters. The van der Waals surface area contributed by atoms with Crippen LogP contribution in [-0.2, 0) is 9.53 Å². The summed E-state index contributed by atoms with van der Waals surface area (Å²) >= 11 is 0. The van der Waals surface area contributed by atoms with Crippen LogP contribution < -0.4 is 0 Å². The van der Waals surface area contributed by atoms with E-state index in [4.69, 9.17) is 4.74 Å². The molecular weight excluding hydrogens is 304 g/mol. The van der Waals surface area contributed by atoms with Gasteiger partial charge in [-0.3, -0.25) is 4.79 Å². The summed E-state index contributed by atoms with van der Waals surface area (Å²) in [7, 11) is 0. The largest absolute Gasteiger partial charge is 0.462 e. The molecule has 5 atom stereocenters. The molecule has 0 spiro atoms. The van der Waals surface area contributed by atoms with Gasteiger partial charge in [0.15, 0.2) is 0 Å². The van der Waals surface area contributed by atoms with Crippen LogP contribution in [0.25, 0.3) is 0 Å². The lowest BCUT2D eigenvalue weighted by Crippen LogP contribution is -2.29. The Morgan fingerprint density at radius 1 is 1.29 bits per heavy atom. The highest BCUT2D eigenvalue weighted by molar-refractivity contribution is 5.69. The SMILES string of the molecule is CCCCCC(C)(O)CC[C@@H]1[C@H]2C/C=C\CCC(=O)O[C@H]2C[C@H]1O. The molecule has 0 bridgehead atoms. The molecule has 1 fully saturated rings. The molecule has 0 aromatic carbocycles. The van der Waals surface area contributed by atoms with Crippen LogP contribution >= 0.6 is 0 Å². The van der Waals surface area contributed by atoms with E-state index in [9.17, 15) is 15.0 Å². The zero-order valence-electron chi connectivity index (χ0n) is 15.2. The van der Waals surface area contributed by atoms with E-state index in [0.29, 0.717) is 19.3 Å². The summed E-state index contributed by atoms with van der Waals surface area (Å²) in [5.41, 5.74) is -0.669. The molecular formula is C20H34O4. The summed E-state index contributed by atoms with van der Waals surface area (Å²) in [6.07, 6.45) is 11.7. The molecule has 2 N–H and O–H groups in total. The first kappa shape index (κ1) is 19.5. The van der Waals surface area contributed by atoms with Crippen LogP contribution in [0.3, 0.4) is 0 Å². The number of rotatable bonds is 7. The summed E-state index contributed by atoms with van der Waals surface area (Å²) < 4.78 is 5.61. The number of esters is 1. The Hall–Kier alpha value is -0.870. The summed E-state index contributed by atoms with van der Waals surface area (Å²) in [6, 6.07) is 0. The Kier molecular flexibility index (Phi) is 7.30. The van der Waals surface area contributed by atoms with Gasteiger partial charge in [0.2, 0.25) is 0 Å². The van der Waals surface area contributed by atoms with E-state index < -0.39 is 11.7 Å². The summed E-state index contributed by atoms with van der Waals surface area (Å²) in [4.78, 5) is 11.8. The molecule has 4 heteroatoms. The number of hydrogen-bond donors (Lipinski definition) is 2. The fourth-order valence-corrected chi connectivity index (χ4v) is 4.18. The predicted molar refractivity (Wildman–Crippen MR) is 94.5 cm³/mol. The van der Waals surface area contributed by atoms with Gasteiger partial charge in [-0.1, -0.05) is 38.3 Å². The van der Waals surface area contributed by atoms with Crippen molar-refractivity contribution in [2.75, 3.05) is 0 Å². The molecule has 24 heavy (non-hydrogen) atoms. The minimum atomic E-state index is -0.669. The van der Waals surface area contributed by atoms with E-state index in [1.807, 2.05) is 13.0 Å². The molecule has 2 aliphatic rings. The van der Waals surface area contributed by atoms with Gasteiger partial charge < -0.3 is 14.9 Å². The molecule has 2 rings (SSSR count). The van der Waals surface area contributed by atoms with Crippen LogP contribution in [0, 0.1) is 11.8 Å². The van der Waals surface area contributed by atoms with E-state index >= 15 is 0 Å². The van der Waals surface area contributed by atoms with Gasteiger partial charge in [0.25, 0.3) is 0 Å². The molecule has 1 saturated carbocycles. The fraction of sp³-hybridized carbons (Fsp3) is 0.850. The van der Waals surface area contributed by atoms with Crippen molar-refractivity contribution in [2.45, 2.75) is 95.9 Å². The van der Waals surface area contributed by atoms with Crippen LogP contribution in [0.5, 0.6) is 0 Å². The standard InChI is InChI=1S/C20H34O4/c1-3-4-8-12-20(2,23)13-11-15-16-9-6-5-7-10-19(22)24-18(16)14-17(15)21/h5-6,15-18,21,23H,3-4,7-14H2,1-2H3/b6-5-/t15-,16-,17-,18+,20?/m1/s1. The van der Waals surface area contributed by atoms with Crippen molar-refractivity contribution in [3.05, 3.63) is 12.2 Å². The summed E-state index contributed by atoms with van der Waals surface area (Å²) in [5.74, 6) is 0.115. The van der Waals surface area contributed by atoms with Crippen molar-refractivity contribution in [1.29, 1.82) is 0 Å². The molecule has 0 aromatic heterocycles. The minimum absolute atomic E-state index is 0.100. The molecule has 0 amide bonds. The minimum Gasteiger partial charge on any atom is -0.462 e. The molecule has 0 aromatic rings. The van der Waals surface area contributed by atoms with Crippen molar-refractivity contribution >= 4 is 5.97 Å². The predicted octanol–water partition coefficient (Wildman–Crippen LogP) is 3.75. The number of hydrogen-bond acceptors (Lipinski definition) is 4. The van der Waals surface area contributed by atoms with Crippen molar-refractivity contribution in [2.24, 2.45) is 11.8 Å². The molecule has 1 heterocycles. The number of carbonyl (C=O) groups is 1. The van der Waals surface area contributed by atoms with Gasteiger partial charge in [-0.15, -0.1) is 0 Å². The molecule has 0 saturated heterocycles. The van der Waals surface area contributed by atoms with Crippen LogP contribution in [-0.4, -0.2) is 34.0 Å². The molecule has 1 aliphatic carbocycles. The highest BCUT2D eigenvalue weighted by atomic mass is 16.5. The van der Waals surface area contributed by atoms with Crippen molar-refractivity contribution < 1.29 is 19.7 Å². The number of aliphatic hydroxyl groups excluding tert-OH is 1. The maximum Gasteiger partial charge on any atom is 0.306 e. The summed E-state index contributed by atoms with van der Waals surface area (Å²) in [6.45, 7) is 4.07. The van der Waals surface area contributed by atoms with E-state index in [0.717, 1.165) is 44.9 Å². The molecule has 0 radical (unpaired) electrons. The molecule has 138 valence electrons. The number of unbranched alkanes of at least 4 members (excludes halogenated alkanes) is 2. The lowest BCUT2D eigenvalue weighted by molar-refractivity contribution is -0.151. The van der Waals surface area contributed by atoms with Crippen LogP contribution in [0.2, 0.25) is 0 Å². The zero-order valence-corrected chi connectivity index (χ0v) is 15.2. The number of ether oxygens (including phenoxy) is 1. The van der Waals surface area contributed by atoms with Gasteiger partial charge in [-0.2, -0.15) is 0 Å². The third kappa shape index (κ3) is 5.59. The average molecular weight is 338 g/mol. The number of allylic oxidation sites excluding steroid dienone is 2. The Morgan fingerprint density at radius 3 is 2.83 bits per heavy atom. The third-order valence-electron chi connectivity index (χ3n) is 5.70. The number of aliphatic hydroxyl groups is 2. The lowest BCUT2D eigenvalue weighted by Gasteiger charge is -2.29. The van der Waals surface area contributed by atoms with Crippen molar-refractivity contribution in [3.63, 3.8) is 0 Å². The highest BCUT2D eigenvalue weighted by Gasteiger charge is 2.44. The van der Waals surface area contributed by atoms with E-state index in [1.54, 1.807) is 0 Å². The van der Waals surface area contributed by atoms with E-state index in [1.165, 1.54) is 0 Å². The highest BCUT2D eigenvalue weighted by Crippen LogP contribution is 2.41. The first-order valence-electron chi connectivity index (χ1n) is 9.68. The molecule has 4 nitrogen and oxygen atoms in total. The van der Waals surface area contributed by atoms with Crippen LogP contribution in [0.4, 0.5) is 0 Å². The second-order valence-electron chi connectivity index (χ2n) is 7.90. The topological polar surface area (TPSA) is 66.8 Å². The second-order valence-corrected chi connectivity index (χ2v) is 7.90. The first-order valence-corrected chi connectivity index (χ1v) is 9.68. The van der Waals surface area contributed by atoms with Crippen molar-refractivity contribution in [1.82, 2.24) is 0 Å². The zero-order chi connectivity index (χ0) is 17.6.